The minimum absolute atomic E-state index is 0.0214. The van der Waals surface area contributed by atoms with Crippen LogP contribution >= 0.6 is 0 Å². The number of aromatic nitrogens is 2. The van der Waals surface area contributed by atoms with Gasteiger partial charge >= 0.3 is 5.97 Å². The van der Waals surface area contributed by atoms with E-state index in [1.807, 2.05) is 48.5 Å². The molecule has 162 valence electrons. The average molecular weight is 420 g/mol. The number of hydrogen-bond donors (Lipinski definition) is 0. The zero-order valence-corrected chi connectivity index (χ0v) is 18.2. The van der Waals surface area contributed by atoms with Gasteiger partial charge in [0.1, 0.15) is 5.82 Å². The summed E-state index contributed by atoms with van der Waals surface area (Å²) in [5.74, 6) is 0.969. The van der Waals surface area contributed by atoms with Crippen LogP contribution in [0.3, 0.4) is 0 Å². The van der Waals surface area contributed by atoms with E-state index >= 15 is 0 Å². The second-order valence-electron chi connectivity index (χ2n) is 8.14. The number of benzene rings is 2. The molecule has 0 N–H and O–H groups in total. The fraction of sp³-hybridized carbons (Fsp3) is 0.400. The molecule has 0 saturated carbocycles. The molecule has 1 fully saturated rings. The molecule has 0 atom stereocenters. The lowest BCUT2D eigenvalue weighted by molar-refractivity contribution is -0.141. The van der Waals surface area contributed by atoms with E-state index in [2.05, 4.69) is 11.8 Å². The Morgan fingerprint density at radius 2 is 1.84 bits per heavy atom. The van der Waals surface area contributed by atoms with Crippen molar-refractivity contribution in [2.45, 2.75) is 39.0 Å². The van der Waals surface area contributed by atoms with Gasteiger partial charge < -0.3 is 9.64 Å². The van der Waals surface area contributed by atoms with Gasteiger partial charge in [-0.05, 0) is 49.4 Å². The highest BCUT2D eigenvalue weighted by molar-refractivity contribution is 5.91. The highest BCUT2D eigenvalue weighted by Crippen LogP contribution is 2.29. The van der Waals surface area contributed by atoms with Gasteiger partial charge in [-0.15, -0.1) is 0 Å². The largest absolute Gasteiger partial charge is 0.469 e. The van der Waals surface area contributed by atoms with Crippen LogP contribution in [0.15, 0.2) is 53.3 Å². The maximum Gasteiger partial charge on any atom is 0.305 e. The van der Waals surface area contributed by atoms with Crippen LogP contribution in [0, 0.1) is 5.92 Å². The molecular formula is C25H29N3O3. The van der Waals surface area contributed by atoms with Crippen LogP contribution < -0.4 is 10.5 Å². The number of piperidine rings is 1. The molecule has 1 aliphatic heterocycles. The fourth-order valence-corrected chi connectivity index (χ4v) is 4.45. The summed E-state index contributed by atoms with van der Waals surface area (Å²) < 4.78 is 6.58. The molecule has 0 aliphatic carbocycles. The quantitative estimate of drug-likeness (QED) is 0.563. The van der Waals surface area contributed by atoms with Crippen LogP contribution in [0.5, 0.6) is 0 Å². The number of carbonyl (C=O) groups is 1. The van der Waals surface area contributed by atoms with Crippen molar-refractivity contribution in [1.29, 1.82) is 0 Å². The van der Waals surface area contributed by atoms with Crippen molar-refractivity contribution in [3.8, 4) is 5.69 Å². The number of para-hydroxylation sites is 1. The summed E-state index contributed by atoms with van der Waals surface area (Å²) in [6.07, 6.45) is 3.92. The first-order valence-corrected chi connectivity index (χ1v) is 11.0. The average Bonchev–Trinajstić information content (AvgIpc) is 2.80. The molecular weight excluding hydrogens is 390 g/mol. The van der Waals surface area contributed by atoms with E-state index < -0.39 is 0 Å². The lowest BCUT2D eigenvalue weighted by atomic mass is 9.93. The van der Waals surface area contributed by atoms with Crippen molar-refractivity contribution in [3.05, 3.63) is 64.7 Å². The van der Waals surface area contributed by atoms with Gasteiger partial charge in [0, 0.05) is 25.9 Å². The third-order valence-electron chi connectivity index (χ3n) is 6.07. The van der Waals surface area contributed by atoms with E-state index in [1.165, 1.54) is 7.11 Å². The van der Waals surface area contributed by atoms with Gasteiger partial charge in [-0.3, -0.25) is 14.2 Å². The highest BCUT2D eigenvalue weighted by Gasteiger charge is 2.24. The number of carbonyl (C=O) groups excluding carboxylic acids is 1. The smallest absolute Gasteiger partial charge is 0.305 e. The molecule has 3 aromatic rings. The van der Waals surface area contributed by atoms with E-state index in [0.717, 1.165) is 61.5 Å². The summed E-state index contributed by atoms with van der Waals surface area (Å²) in [5, 5.41) is 0.664. The second-order valence-corrected chi connectivity index (χ2v) is 8.14. The summed E-state index contributed by atoms with van der Waals surface area (Å²) in [6, 6.07) is 15.7. The number of ether oxygens (including phenoxy) is 1. The molecule has 4 rings (SSSR count). The number of methoxy groups -OCH3 is 1. The number of esters is 1. The zero-order chi connectivity index (χ0) is 21.8. The maximum atomic E-state index is 13.8. The second kappa shape index (κ2) is 9.33. The summed E-state index contributed by atoms with van der Waals surface area (Å²) in [5.41, 5.74) is 2.50. The van der Waals surface area contributed by atoms with Gasteiger partial charge in [0.25, 0.3) is 5.56 Å². The summed E-state index contributed by atoms with van der Waals surface area (Å²) in [7, 11) is 1.44. The Labute approximate surface area is 182 Å². The molecule has 0 amide bonds. The van der Waals surface area contributed by atoms with Crippen LogP contribution in [-0.4, -0.2) is 35.7 Å². The summed E-state index contributed by atoms with van der Waals surface area (Å²) in [6.45, 7) is 3.71. The molecule has 0 bridgehead atoms. The number of fused-ring (bicyclic) bond motifs is 1. The third kappa shape index (κ3) is 4.33. The first kappa shape index (κ1) is 21.1. The normalized spacial score (nSPS) is 14.7. The lowest BCUT2D eigenvalue weighted by Gasteiger charge is -2.33. The Bertz CT molecular complexity index is 1120. The van der Waals surface area contributed by atoms with Gasteiger partial charge in [0.2, 0.25) is 0 Å². The van der Waals surface area contributed by atoms with Crippen LogP contribution in [0.1, 0.15) is 38.4 Å². The maximum absolute atomic E-state index is 13.8. The predicted molar refractivity (Wildman–Crippen MR) is 123 cm³/mol. The molecule has 1 saturated heterocycles. The first-order chi connectivity index (χ1) is 15.1. The van der Waals surface area contributed by atoms with E-state index in [0.29, 0.717) is 17.7 Å². The Morgan fingerprint density at radius 3 is 2.52 bits per heavy atom. The molecule has 6 heteroatoms. The van der Waals surface area contributed by atoms with Gasteiger partial charge in [0.05, 0.1) is 29.4 Å². The van der Waals surface area contributed by atoms with Crippen LogP contribution in [-0.2, 0) is 16.0 Å². The Balaban J connectivity index is 1.75. The van der Waals surface area contributed by atoms with Crippen molar-refractivity contribution in [2.24, 2.45) is 5.92 Å². The topological polar surface area (TPSA) is 64.4 Å². The van der Waals surface area contributed by atoms with Crippen LogP contribution in [0.25, 0.3) is 16.6 Å². The number of aryl methyl sites for hydroxylation is 1. The van der Waals surface area contributed by atoms with E-state index in [9.17, 15) is 9.59 Å². The standard InChI is InChI=1S/C25H29N3O3/c1-3-8-22-26-20-11-7-12-21(27-15-13-18(14-16-27)17-23(29)31-2)24(20)25(30)28(22)19-9-5-4-6-10-19/h4-7,9-12,18H,3,8,13-17H2,1-2H3. The van der Waals surface area contributed by atoms with Crippen molar-refractivity contribution < 1.29 is 9.53 Å². The zero-order valence-electron chi connectivity index (χ0n) is 18.2. The van der Waals surface area contributed by atoms with E-state index in [1.54, 1.807) is 4.57 Å². The van der Waals surface area contributed by atoms with E-state index in [4.69, 9.17) is 9.72 Å². The van der Waals surface area contributed by atoms with E-state index in [-0.39, 0.29) is 11.5 Å². The Hall–Kier alpha value is -3.15. The minimum atomic E-state index is -0.151. The predicted octanol–water partition coefficient (Wildman–Crippen LogP) is 4.12. The van der Waals surface area contributed by atoms with Gasteiger partial charge in [-0.2, -0.15) is 0 Å². The number of nitrogens with zero attached hydrogens (tertiary/aromatic N) is 3. The van der Waals surface area contributed by atoms with Gasteiger partial charge in [0.15, 0.2) is 0 Å². The number of rotatable bonds is 6. The molecule has 0 radical (unpaired) electrons. The third-order valence-corrected chi connectivity index (χ3v) is 6.07. The monoisotopic (exact) mass is 419 g/mol. The van der Waals surface area contributed by atoms with Crippen LogP contribution in [0.4, 0.5) is 5.69 Å². The SMILES string of the molecule is CCCc1nc2cccc(N3CCC(CC(=O)OC)CC3)c2c(=O)n1-c1ccccc1. The molecule has 0 spiro atoms. The van der Waals surface area contributed by atoms with Crippen molar-refractivity contribution >= 4 is 22.6 Å². The fourth-order valence-electron chi connectivity index (χ4n) is 4.45. The van der Waals surface area contributed by atoms with Crippen LogP contribution in [0.2, 0.25) is 0 Å². The summed E-state index contributed by atoms with van der Waals surface area (Å²) in [4.78, 5) is 32.5. The van der Waals surface area contributed by atoms with Crippen molar-refractivity contribution in [1.82, 2.24) is 9.55 Å². The molecule has 2 aromatic carbocycles. The highest BCUT2D eigenvalue weighted by atomic mass is 16.5. The molecule has 2 heterocycles. The minimum Gasteiger partial charge on any atom is -0.469 e. The van der Waals surface area contributed by atoms with Crippen molar-refractivity contribution in [3.63, 3.8) is 0 Å². The molecule has 31 heavy (non-hydrogen) atoms. The van der Waals surface area contributed by atoms with Gasteiger partial charge in [-0.1, -0.05) is 31.2 Å². The summed E-state index contributed by atoms with van der Waals surface area (Å²) >= 11 is 0. The lowest BCUT2D eigenvalue weighted by Crippen LogP contribution is -2.35. The first-order valence-electron chi connectivity index (χ1n) is 11.0. The number of anilines is 1. The van der Waals surface area contributed by atoms with Crippen molar-refractivity contribution in [2.75, 3.05) is 25.1 Å². The molecule has 1 aromatic heterocycles. The molecule has 1 aliphatic rings. The number of hydrogen-bond acceptors (Lipinski definition) is 5. The molecule has 6 nitrogen and oxygen atoms in total. The Kier molecular flexibility index (Phi) is 6.35. The Morgan fingerprint density at radius 1 is 1.10 bits per heavy atom. The molecule has 0 unspecified atom stereocenters. The van der Waals surface area contributed by atoms with Gasteiger partial charge in [-0.25, -0.2) is 4.98 Å².